The van der Waals surface area contributed by atoms with E-state index in [1.54, 1.807) is 6.20 Å². The highest BCUT2D eigenvalue weighted by Gasteiger charge is 2.15. The van der Waals surface area contributed by atoms with Crippen molar-refractivity contribution in [2.24, 2.45) is 5.73 Å². The minimum Gasteiger partial charge on any atom is -0.383 e. The van der Waals surface area contributed by atoms with Crippen LogP contribution in [0.15, 0.2) is 18.3 Å². The van der Waals surface area contributed by atoms with Crippen LogP contribution in [0.4, 0.5) is 5.69 Å². The number of H-pyrrole nitrogens is 1. The highest BCUT2D eigenvalue weighted by atomic mass is 35.5. The molecule has 2 aromatic rings. The number of nitrogens with one attached hydrogen (secondary N) is 2. The van der Waals surface area contributed by atoms with E-state index in [9.17, 15) is 4.79 Å². The summed E-state index contributed by atoms with van der Waals surface area (Å²) in [6.07, 6.45) is 1.73. The van der Waals surface area contributed by atoms with Crippen LogP contribution in [0.1, 0.15) is 5.56 Å². The van der Waals surface area contributed by atoms with E-state index in [4.69, 9.17) is 10.5 Å². The van der Waals surface area contributed by atoms with E-state index in [-0.39, 0.29) is 24.9 Å². The number of carbonyl (C=O) groups excluding carboxylic acids is 1. The predicted octanol–water partition coefficient (Wildman–Crippen LogP) is 1.21. The number of methoxy groups -OCH3 is 1. The number of aromatic amines is 1. The van der Waals surface area contributed by atoms with E-state index < -0.39 is 6.04 Å². The number of hydrogen-bond donors (Lipinski definition) is 3. The molecule has 0 spiro atoms. The molecular formula is C12H17ClN4O2. The number of rotatable bonds is 4. The number of benzene rings is 1. The molecule has 0 aliphatic heterocycles. The predicted molar refractivity (Wildman–Crippen MR) is 76.6 cm³/mol. The molecule has 19 heavy (non-hydrogen) atoms. The first-order valence-corrected chi connectivity index (χ1v) is 5.61. The highest BCUT2D eigenvalue weighted by Crippen LogP contribution is 2.23. The van der Waals surface area contributed by atoms with Gasteiger partial charge >= 0.3 is 0 Å². The van der Waals surface area contributed by atoms with Crippen molar-refractivity contribution in [3.05, 3.63) is 23.9 Å². The summed E-state index contributed by atoms with van der Waals surface area (Å²) in [6.45, 7) is 2.17. The summed E-state index contributed by atoms with van der Waals surface area (Å²) in [5.74, 6) is -0.281. The average molecular weight is 285 g/mol. The normalized spacial score (nSPS) is 11.9. The van der Waals surface area contributed by atoms with Gasteiger partial charge in [0.05, 0.1) is 24.0 Å². The van der Waals surface area contributed by atoms with Gasteiger partial charge in [0.15, 0.2) is 0 Å². The van der Waals surface area contributed by atoms with Crippen molar-refractivity contribution in [1.82, 2.24) is 10.2 Å². The molecule has 0 saturated carbocycles. The van der Waals surface area contributed by atoms with Crippen molar-refractivity contribution in [3.8, 4) is 0 Å². The van der Waals surface area contributed by atoms with E-state index in [2.05, 4.69) is 15.5 Å². The summed E-state index contributed by atoms with van der Waals surface area (Å²) >= 11 is 0. The standard InChI is InChI=1S/C12H16N4O2.ClH/c1-7-3-4-10(11-8(7)5-14-16-11)15-12(17)9(13)6-18-2;/h3-5,9H,6,13H2,1-2H3,(H,14,16)(H,15,17);1H. The van der Waals surface area contributed by atoms with Gasteiger partial charge in [0, 0.05) is 12.5 Å². The number of nitrogens with two attached hydrogens (primary N) is 1. The van der Waals surface area contributed by atoms with Crippen molar-refractivity contribution in [3.63, 3.8) is 0 Å². The van der Waals surface area contributed by atoms with E-state index in [1.165, 1.54) is 7.11 Å². The number of anilines is 1. The molecule has 1 heterocycles. The van der Waals surface area contributed by atoms with Crippen LogP contribution in [-0.2, 0) is 9.53 Å². The van der Waals surface area contributed by atoms with Crippen molar-refractivity contribution in [2.45, 2.75) is 13.0 Å². The lowest BCUT2D eigenvalue weighted by Gasteiger charge is -2.12. The van der Waals surface area contributed by atoms with Crippen molar-refractivity contribution >= 4 is 34.9 Å². The number of halogens is 1. The van der Waals surface area contributed by atoms with E-state index in [0.29, 0.717) is 5.69 Å². The second-order valence-electron chi connectivity index (χ2n) is 4.14. The van der Waals surface area contributed by atoms with Gasteiger partial charge < -0.3 is 15.8 Å². The Hall–Kier alpha value is -1.63. The lowest BCUT2D eigenvalue weighted by atomic mass is 10.1. The maximum atomic E-state index is 11.8. The van der Waals surface area contributed by atoms with Crippen LogP contribution in [0.3, 0.4) is 0 Å². The third-order valence-corrected chi connectivity index (χ3v) is 2.77. The van der Waals surface area contributed by atoms with E-state index in [0.717, 1.165) is 16.5 Å². The molecular weight excluding hydrogens is 268 g/mol. The second kappa shape index (κ2) is 6.51. The smallest absolute Gasteiger partial charge is 0.243 e. The summed E-state index contributed by atoms with van der Waals surface area (Å²) in [5, 5.41) is 10.6. The summed E-state index contributed by atoms with van der Waals surface area (Å²) in [5.41, 5.74) is 8.23. The number of nitrogens with zero attached hydrogens (tertiary/aromatic N) is 1. The molecule has 1 amide bonds. The Balaban J connectivity index is 0.00000180. The van der Waals surface area contributed by atoms with Gasteiger partial charge in [-0.2, -0.15) is 5.10 Å². The summed E-state index contributed by atoms with van der Waals surface area (Å²) < 4.78 is 4.85. The molecule has 4 N–H and O–H groups in total. The van der Waals surface area contributed by atoms with Crippen LogP contribution in [-0.4, -0.2) is 35.9 Å². The molecule has 0 bridgehead atoms. The van der Waals surface area contributed by atoms with E-state index >= 15 is 0 Å². The van der Waals surface area contributed by atoms with Gasteiger partial charge in [-0.05, 0) is 18.6 Å². The topological polar surface area (TPSA) is 93.0 Å². The van der Waals surface area contributed by atoms with Crippen LogP contribution in [0.2, 0.25) is 0 Å². The minimum absolute atomic E-state index is 0. The van der Waals surface area contributed by atoms with Gasteiger partial charge in [-0.25, -0.2) is 0 Å². The molecule has 6 nitrogen and oxygen atoms in total. The first-order chi connectivity index (χ1) is 8.63. The number of aromatic nitrogens is 2. The zero-order valence-electron chi connectivity index (χ0n) is 10.8. The average Bonchev–Trinajstić information content (AvgIpc) is 2.83. The Morgan fingerprint density at radius 1 is 1.58 bits per heavy atom. The fourth-order valence-corrected chi connectivity index (χ4v) is 1.76. The SMILES string of the molecule is COCC(N)C(=O)Nc1ccc(C)c2cn[nH]c12.Cl. The van der Waals surface area contributed by atoms with Crippen molar-refractivity contribution < 1.29 is 9.53 Å². The Labute approximate surface area is 117 Å². The van der Waals surface area contributed by atoms with Gasteiger partial charge in [0.1, 0.15) is 6.04 Å². The van der Waals surface area contributed by atoms with Gasteiger partial charge in [0.25, 0.3) is 0 Å². The maximum absolute atomic E-state index is 11.8. The Morgan fingerprint density at radius 3 is 3.00 bits per heavy atom. The summed E-state index contributed by atoms with van der Waals surface area (Å²) in [6, 6.07) is 3.07. The Morgan fingerprint density at radius 2 is 2.32 bits per heavy atom. The first kappa shape index (κ1) is 15.4. The Kier molecular flexibility index (Phi) is 5.29. The zero-order chi connectivity index (χ0) is 13.1. The van der Waals surface area contributed by atoms with Gasteiger partial charge in [0.2, 0.25) is 5.91 Å². The van der Waals surface area contributed by atoms with Crippen molar-refractivity contribution in [2.75, 3.05) is 19.0 Å². The Bertz CT molecular complexity index is 570. The largest absolute Gasteiger partial charge is 0.383 e. The number of carbonyl (C=O) groups is 1. The van der Waals surface area contributed by atoms with Crippen molar-refractivity contribution in [1.29, 1.82) is 0 Å². The fraction of sp³-hybridized carbons (Fsp3) is 0.333. The first-order valence-electron chi connectivity index (χ1n) is 5.61. The summed E-state index contributed by atoms with van der Waals surface area (Å²) in [4.78, 5) is 11.8. The number of amides is 1. The maximum Gasteiger partial charge on any atom is 0.243 e. The minimum atomic E-state index is -0.686. The number of ether oxygens (including phenoxy) is 1. The van der Waals surface area contributed by atoms with E-state index in [1.807, 2.05) is 19.1 Å². The lowest BCUT2D eigenvalue weighted by Crippen LogP contribution is -2.39. The monoisotopic (exact) mass is 284 g/mol. The molecule has 7 heteroatoms. The third-order valence-electron chi connectivity index (χ3n) is 2.77. The summed E-state index contributed by atoms with van der Waals surface area (Å²) in [7, 11) is 1.51. The van der Waals surface area contributed by atoms with Crippen LogP contribution < -0.4 is 11.1 Å². The lowest BCUT2D eigenvalue weighted by molar-refractivity contribution is -0.118. The zero-order valence-corrected chi connectivity index (χ0v) is 11.6. The van der Waals surface area contributed by atoms with Crippen LogP contribution in [0.25, 0.3) is 10.9 Å². The molecule has 2 rings (SSSR count). The molecule has 1 unspecified atom stereocenters. The molecule has 0 saturated heterocycles. The molecule has 0 aliphatic rings. The van der Waals surface area contributed by atoms with Crippen LogP contribution >= 0.6 is 12.4 Å². The molecule has 0 radical (unpaired) electrons. The number of aryl methyl sites for hydroxylation is 1. The molecule has 1 atom stereocenters. The number of fused-ring (bicyclic) bond motifs is 1. The van der Waals surface area contributed by atoms with Gasteiger partial charge in [-0.3, -0.25) is 9.89 Å². The number of hydrogen-bond acceptors (Lipinski definition) is 4. The molecule has 0 aliphatic carbocycles. The highest BCUT2D eigenvalue weighted by molar-refractivity contribution is 6.02. The van der Waals surface area contributed by atoms with Gasteiger partial charge in [-0.15, -0.1) is 12.4 Å². The molecule has 1 aromatic carbocycles. The van der Waals surface area contributed by atoms with Crippen LogP contribution in [0, 0.1) is 6.92 Å². The molecule has 104 valence electrons. The molecule has 0 fully saturated rings. The fourth-order valence-electron chi connectivity index (χ4n) is 1.76. The second-order valence-corrected chi connectivity index (χ2v) is 4.14. The molecule has 1 aromatic heterocycles. The van der Waals surface area contributed by atoms with Crippen LogP contribution in [0.5, 0.6) is 0 Å². The quantitative estimate of drug-likeness (QED) is 0.786. The third kappa shape index (κ3) is 3.23. The van der Waals surface area contributed by atoms with Gasteiger partial charge in [-0.1, -0.05) is 6.07 Å².